The van der Waals surface area contributed by atoms with Crippen LogP contribution in [0, 0.1) is 0 Å². The van der Waals surface area contributed by atoms with Gasteiger partial charge in [-0.25, -0.2) is 0 Å². The molecule has 0 saturated carbocycles. The fourth-order valence-corrected chi connectivity index (χ4v) is 1.36. The zero-order chi connectivity index (χ0) is 10.2. The lowest BCUT2D eigenvalue weighted by Gasteiger charge is -2.08. The summed E-state index contributed by atoms with van der Waals surface area (Å²) < 4.78 is 37.5. The van der Waals surface area contributed by atoms with Gasteiger partial charge in [0.2, 0.25) is 0 Å². The number of hydrogen-bond acceptors (Lipinski definition) is 1. The molecule has 0 N–H and O–H groups in total. The molecule has 0 amide bonds. The molecule has 2 nitrogen and oxygen atoms in total. The van der Waals surface area contributed by atoms with Gasteiger partial charge in [-0.05, 0) is 12.1 Å². The van der Waals surface area contributed by atoms with E-state index in [-0.39, 0.29) is 0 Å². The fourth-order valence-electron chi connectivity index (χ4n) is 1.36. The molecular weight excluding hydrogens is 193 g/mol. The molecule has 0 saturated heterocycles. The van der Waals surface area contributed by atoms with E-state index in [1.54, 1.807) is 18.3 Å². The summed E-state index contributed by atoms with van der Waals surface area (Å²) in [5, 5.41) is 0.768. The summed E-state index contributed by atoms with van der Waals surface area (Å²) in [4.78, 5) is 3.79. The fraction of sp³-hybridized carbons (Fsp3) is 0.222. The van der Waals surface area contributed by atoms with E-state index in [4.69, 9.17) is 0 Å². The number of nitrogens with zero attached hydrogens (tertiary/aromatic N) is 2. The Morgan fingerprint density at radius 3 is 2.79 bits per heavy atom. The van der Waals surface area contributed by atoms with Crippen molar-refractivity contribution in [2.45, 2.75) is 12.7 Å². The van der Waals surface area contributed by atoms with Crippen molar-refractivity contribution < 1.29 is 13.2 Å². The van der Waals surface area contributed by atoms with Gasteiger partial charge in [0, 0.05) is 17.8 Å². The van der Waals surface area contributed by atoms with Gasteiger partial charge in [0.15, 0.2) is 0 Å². The molecule has 0 aliphatic carbocycles. The van der Waals surface area contributed by atoms with Gasteiger partial charge in [0.25, 0.3) is 0 Å². The predicted octanol–water partition coefficient (Wildman–Crippen LogP) is 2.60. The van der Waals surface area contributed by atoms with Crippen LogP contribution in [-0.2, 0) is 6.54 Å². The first-order valence-electron chi connectivity index (χ1n) is 4.02. The highest BCUT2D eigenvalue weighted by molar-refractivity contribution is 5.78. The maximum Gasteiger partial charge on any atom is 0.406 e. The Kier molecular flexibility index (Phi) is 1.94. The molecule has 5 heteroatoms. The third-order valence-corrected chi connectivity index (χ3v) is 1.93. The van der Waals surface area contributed by atoms with Crippen LogP contribution in [0.25, 0.3) is 10.9 Å². The monoisotopic (exact) mass is 200 g/mol. The lowest BCUT2D eigenvalue weighted by atomic mass is 10.3. The summed E-state index contributed by atoms with van der Waals surface area (Å²) in [6.45, 7) is -0.970. The maximum atomic E-state index is 12.1. The highest BCUT2D eigenvalue weighted by Gasteiger charge is 2.28. The number of alkyl halides is 3. The Hall–Kier alpha value is -1.52. The van der Waals surface area contributed by atoms with Crippen LogP contribution in [0.3, 0.4) is 0 Å². The molecule has 0 aromatic carbocycles. The van der Waals surface area contributed by atoms with Crippen molar-refractivity contribution in [3.8, 4) is 0 Å². The summed E-state index contributed by atoms with van der Waals surface area (Å²) in [7, 11) is 0. The molecule has 0 aliphatic rings. The van der Waals surface area contributed by atoms with Crippen LogP contribution in [0.5, 0.6) is 0 Å². The number of aromatic nitrogens is 2. The quantitative estimate of drug-likeness (QED) is 0.691. The van der Waals surface area contributed by atoms with Crippen molar-refractivity contribution in [3.63, 3.8) is 0 Å². The second kappa shape index (κ2) is 3.01. The van der Waals surface area contributed by atoms with Gasteiger partial charge in [-0.15, -0.1) is 0 Å². The SMILES string of the molecule is FC(F)(F)Cn1ccc2ccncc21. The first-order chi connectivity index (χ1) is 6.56. The van der Waals surface area contributed by atoms with E-state index in [1.807, 2.05) is 0 Å². The standard InChI is InChI=1S/C9H7F3N2/c10-9(11,12)6-14-4-2-7-1-3-13-5-8(7)14/h1-5H,6H2. The third kappa shape index (κ3) is 1.71. The van der Waals surface area contributed by atoms with E-state index in [2.05, 4.69) is 4.98 Å². The number of fused-ring (bicyclic) bond motifs is 1. The average molecular weight is 200 g/mol. The van der Waals surface area contributed by atoms with Crippen LogP contribution in [-0.4, -0.2) is 15.7 Å². The zero-order valence-electron chi connectivity index (χ0n) is 7.12. The predicted molar refractivity (Wildman–Crippen MR) is 45.8 cm³/mol. The Balaban J connectivity index is 2.44. The maximum absolute atomic E-state index is 12.1. The van der Waals surface area contributed by atoms with Gasteiger partial charge in [-0.1, -0.05) is 0 Å². The normalized spacial score (nSPS) is 12.2. The first-order valence-corrected chi connectivity index (χ1v) is 4.02. The lowest BCUT2D eigenvalue weighted by Crippen LogP contribution is -2.16. The van der Waals surface area contributed by atoms with Crippen molar-refractivity contribution in [3.05, 3.63) is 30.7 Å². The van der Waals surface area contributed by atoms with Crippen molar-refractivity contribution in [2.24, 2.45) is 0 Å². The highest BCUT2D eigenvalue weighted by Crippen LogP contribution is 2.21. The Morgan fingerprint density at radius 2 is 2.07 bits per heavy atom. The van der Waals surface area contributed by atoms with Crippen LogP contribution in [0.2, 0.25) is 0 Å². The second-order valence-corrected chi connectivity index (χ2v) is 2.99. The summed E-state index contributed by atoms with van der Waals surface area (Å²) in [5.74, 6) is 0. The van der Waals surface area contributed by atoms with E-state index in [1.165, 1.54) is 12.4 Å². The molecule has 14 heavy (non-hydrogen) atoms. The molecular formula is C9H7F3N2. The minimum Gasteiger partial charge on any atom is -0.337 e. The molecule has 74 valence electrons. The van der Waals surface area contributed by atoms with Crippen LogP contribution >= 0.6 is 0 Å². The minimum absolute atomic E-state index is 0.504. The van der Waals surface area contributed by atoms with Gasteiger partial charge in [0.05, 0.1) is 11.7 Å². The van der Waals surface area contributed by atoms with Gasteiger partial charge >= 0.3 is 6.18 Å². The molecule has 0 unspecified atom stereocenters. The van der Waals surface area contributed by atoms with Crippen molar-refractivity contribution in [2.75, 3.05) is 0 Å². The number of halogens is 3. The molecule has 2 aromatic rings. The van der Waals surface area contributed by atoms with Crippen molar-refractivity contribution in [1.29, 1.82) is 0 Å². The van der Waals surface area contributed by atoms with Crippen molar-refractivity contribution in [1.82, 2.24) is 9.55 Å². The molecule has 0 fully saturated rings. The van der Waals surface area contributed by atoms with E-state index < -0.39 is 12.7 Å². The van der Waals surface area contributed by atoms with Gasteiger partial charge < -0.3 is 4.57 Å². The molecule has 2 rings (SSSR count). The van der Waals surface area contributed by atoms with Crippen LogP contribution < -0.4 is 0 Å². The van der Waals surface area contributed by atoms with Gasteiger partial charge in [0.1, 0.15) is 6.54 Å². The molecule has 0 spiro atoms. The van der Waals surface area contributed by atoms with Crippen LogP contribution in [0.15, 0.2) is 30.7 Å². The highest BCUT2D eigenvalue weighted by atomic mass is 19.4. The molecule has 2 heterocycles. The summed E-state index contributed by atoms with van der Waals surface area (Å²) >= 11 is 0. The Morgan fingerprint density at radius 1 is 1.29 bits per heavy atom. The van der Waals surface area contributed by atoms with E-state index in [0.29, 0.717) is 5.52 Å². The van der Waals surface area contributed by atoms with E-state index in [9.17, 15) is 13.2 Å². The summed E-state index contributed by atoms with van der Waals surface area (Å²) in [6.07, 6.45) is 0.211. The smallest absolute Gasteiger partial charge is 0.337 e. The van der Waals surface area contributed by atoms with E-state index >= 15 is 0 Å². The largest absolute Gasteiger partial charge is 0.406 e. The molecule has 2 aromatic heterocycles. The molecule has 0 bridgehead atoms. The average Bonchev–Trinajstić information content (AvgIpc) is 2.47. The van der Waals surface area contributed by atoms with Crippen LogP contribution in [0.1, 0.15) is 0 Å². The topological polar surface area (TPSA) is 17.8 Å². The molecule has 0 radical (unpaired) electrons. The Labute approximate surface area is 78.0 Å². The van der Waals surface area contributed by atoms with Crippen LogP contribution in [0.4, 0.5) is 13.2 Å². The molecule has 0 aliphatic heterocycles. The minimum atomic E-state index is -4.19. The number of rotatable bonds is 1. The third-order valence-electron chi connectivity index (χ3n) is 1.93. The lowest BCUT2D eigenvalue weighted by molar-refractivity contribution is -0.139. The number of pyridine rings is 1. The number of hydrogen-bond donors (Lipinski definition) is 0. The van der Waals surface area contributed by atoms with Gasteiger partial charge in [-0.3, -0.25) is 4.98 Å². The Bertz CT molecular complexity index is 444. The second-order valence-electron chi connectivity index (χ2n) is 2.99. The van der Waals surface area contributed by atoms with Crippen molar-refractivity contribution >= 4 is 10.9 Å². The van der Waals surface area contributed by atoms with Gasteiger partial charge in [-0.2, -0.15) is 13.2 Å². The molecule has 0 atom stereocenters. The zero-order valence-corrected chi connectivity index (χ0v) is 7.12. The summed E-state index contributed by atoms with van der Waals surface area (Å²) in [5.41, 5.74) is 0.504. The first kappa shape index (κ1) is 9.05. The van der Waals surface area contributed by atoms with E-state index in [0.717, 1.165) is 9.95 Å². The summed E-state index contributed by atoms with van der Waals surface area (Å²) in [6, 6.07) is 3.32.